The molecule has 1 aromatic rings. The summed E-state index contributed by atoms with van der Waals surface area (Å²) in [5, 5.41) is 17.2. The molecule has 0 heterocycles. The predicted molar refractivity (Wildman–Crippen MR) is 66.4 cm³/mol. The lowest BCUT2D eigenvalue weighted by Gasteiger charge is -2.11. The van der Waals surface area contributed by atoms with E-state index in [1.165, 1.54) is 13.2 Å². The van der Waals surface area contributed by atoms with Crippen LogP contribution in [0.1, 0.15) is 15.9 Å². The predicted octanol–water partition coefficient (Wildman–Crippen LogP) is -0.189. The van der Waals surface area contributed by atoms with Crippen LogP contribution in [0.4, 0.5) is 0 Å². The van der Waals surface area contributed by atoms with Crippen LogP contribution in [0.5, 0.6) is 5.75 Å². The highest BCUT2D eigenvalue weighted by Crippen LogP contribution is 2.21. The third-order valence-electron chi connectivity index (χ3n) is 2.58. The minimum Gasteiger partial charge on any atom is -0.496 e. The van der Waals surface area contributed by atoms with Gasteiger partial charge in [0, 0.05) is 0 Å². The number of nitrogens with one attached hydrogen (secondary N) is 1. The number of methoxy groups -OCH3 is 1. The van der Waals surface area contributed by atoms with Gasteiger partial charge >= 0.3 is 5.97 Å². The fourth-order valence-electron chi connectivity index (χ4n) is 1.60. The molecule has 7 nitrogen and oxygen atoms in total. The number of Topliss-reactive ketones (excluding diaryl/α,β-unsaturated/α-hetero) is 1. The van der Waals surface area contributed by atoms with Gasteiger partial charge in [0.05, 0.1) is 19.2 Å². The van der Waals surface area contributed by atoms with E-state index in [1.807, 2.05) is 0 Å². The summed E-state index contributed by atoms with van der Waals surface area (Å²) < 4.78 is 5.08. The van der Waals surface area contributed by atoms with Crippen molar-refractivity contribution in [1.82, 2.24) is 5.48 Å². The fourth-order valence-corrected chi connectivity index (χ4v) is 1.60. The van der Waals surface area contributed by atoms with Gasteiger partial charge in [-0.3, -0.25) is 9.59 Å². The molecular weight excluding hydrogens is 252 g/mol. The zero-order valence-electron chi connectivity index (χ0n) is 10.4. The van der Waals surface area contributed by atoms with Gasteiger partial charge in [-0.2, -0.15) is 5.48 Å². The van der Waals surface area contributed by atoms with Gasteiger partial charge in [-0.25, -0.2) is 0 Å². The second-order valence-corrected chi connectivity index (χ2v) is 3.94. The van der Waals surface area contributed by atoms with Gasteiger partial charge in [0.15, 0.2) is 5.78 Å². The molecule has 0 saturated carbocycles. The Kier molecular flexibility index (Phi) is 5.43. The first-order valence-corrected chi connectivity index (χ1v) is 5.55. The molecule has 0 aliphatic carbocycles. The number of hydroxylamine groups is 1. The zero-order valence-corrected chi connectivity index (χ0v) is 10.4. The van der Waals surface area contributed by atoms with Crippen LogP contribution in [-0.2, 0) is 11.2 Å². The summed E-state index contributed by atoms with van der Waals surface area (Å²) in [5.74, 6) is -1.12. The van der Waals surface area contributed by atoms with E-state index < -0.39 is 12.0 Å². The van der Waals surface area contributed by atoms with Crippen molar-refractivity contribution in [3.05, 3.63) is 29.3 Å². The third-order valence-corrected chi connectivity index (χ3v) is 2.58. The summed E-state index contributed by atoms with van der Waals surface area (Å²) in [6.45, 7) is -0.232. The first-order chi connectivity index (χ1) is 8.99. The van der Waals surface area contributed by atoms with Gasteiger partial charge in [0.1, 0.15) is 11.8 Å². The monoisotopic (exact) mass is 268 g/mol. The molecule has 0 radical (unpaired) electrons. The molecule has 0 spiro atoms. The molecule has 7 heteroatoms. The lowest BCUT2D eigenvalue weighted by atomic mass is 10.0. The number of carbonyl (C=O) groups is 2. The maximum absolute atomic E-state index is 11.6. The van der Waals surface area contributed by atoms with Crippen LogP contribution in [0.2, 0.25) is 0 Å². The van der Waals surface area contributed by atoms with Crippen molar-refractivity contribution in [2.24, 2.45) is 5.73 Å². The molecule has 104 valence electrons. The fraction of sp³-hybridized carbons (Fsp3) is 0.333. The van der Waals surface area contributed by atoms with Crippen molar-refractivity contribution in [3.63, 3.8) is 0 Å². The normalized spacial score (nSPS) is 11.9. The topological polar surface area (TPSA) is 122 Å². The molecule has 1 unspecified atom stereocenters. The zero-order chi connectivity index (χ0) is 14.4. The number of hydrogen-bond donors (Lipinski definition) is 4. The van der Waals surface area contributed by atoms with E-state index in [4.69, 9.17) is 20.8 Å². The van der Waals surface area contributed by atoms with E-state index in [2.05, 4.69) is 0 Å². The Bertz CT molecular complexity index is 475. The largest absolute Gasteiger partial charge is 0.496 e. The highest BCUT2D eigenvalue weighted by atomic mass is 16.5. The van der Waals surface area contributed by atoms with Crippen molar-refractivity contribution in [2.45, 2.75) is 12.5 Å². The van der Waals surface area contributed by atoms with Gasteiger partial charge in [-0.15, -0.1) is 0 Å². The number of ether oxygens (including phenoxy) is 1. The second kappa shape index (κ2) is 6.83. The van der Waals surface area contributed by atoms with Crippen LogP contribution >= 0.6 is 0 Å². The standard InChI is InChI=1S/C12H16N2O5/c1-19-11-5-7(4-9(13)12(16)17)2-3-8(11)10(15)6-14-18/h2-3,5,9,14,18H,4,6,13H2,1H3,(H,16,17). The summed E-state index contributed by atoms with van der Waals surface area (Å²) in [7, 11) is 1.40. The number of nitrogens with two attached hydrogens (primary N) is 1. The summed E-state index contributed by atoms with van der Waals surface area (Å²) in [5.41, 5.74) is 8.17. The maximum atomic E-state index is 11.6. The van der Waals surface area contributed by atoms with E-state index in [1.54, 1.807) is 17.6 Å². The molecule has 0 aromatic heterocycles. The maximum Gasteiger partial charge on any atom is 0.320 e. The molecule has 1 rings (SSSR count). The van der Waals surface area contributed by atoms with Crippen molar-refractivity contribution < 1.29 is 24.6 Å². The van der Waals surface area contributed by atoms with Crippen molar-refractivity contribution >= 4 is 11.8 Å². The Morgan fingerprint density at radius 3 is 2.68 bits per heavy atom. The number of benzene rings is 1. The molecule has 1 aromatic carbocycles. The minimum atomic E-state index is -1.09. The van der Waals surface area contributed by atoms with Crippen LogP contribution < -0.4 is 16.0 Å². The lowest BCUT2D eigenvalue weighted by Crippen LogP contribution is -2.32. The number of carboxylic acid groups (broad SMARTS) is 1. The molecule has 5 N–H and O–H groups in total. The van der Waals surface area contributed by atoms with Gasteiger partial charge in [-0.1, -0.05) is 6.07 Å². The van der Waals surface area contributed by atoms with Gasteiger partial charge in [0.25, 0.3) is 0 Å². The molecule has 19 heavy (non-hydrogen) atoms. The molecule has 0 bridgehead atoms. The molecule has 0 saturated heterocycles. The number of carbonyl (C=O) groups excluding carboxylic acids is 1. The number of hydrogen-bond acceptors (Lipinski definition) is 6. The highest BCUT2D eigenvalue weighted by molar-refractivity contribution is 6.00. The number of rotatable bonds is 7. The Hall–Kier alpha value is -1.96. The quantitative estimate of drug-likeness (QED) is 0.399. The van der Waals surface area contributed by atoms with E-state index in [0.29, 0.717) is 16.9 Å². The van der Waals surface area contributed by atoms with Crippen LogP contribution in [0, 0.1) is 0 Å². The third kappa shape index (κ3) is 4.02. The smallest absolute Gasteiger partial charge is 0.320 e. The van der Waals surface area contributed by atoms with E-state index in [-0.39, 0.29) is 18.7 Å². The highest BCUT2D eigenvalue weighted by Gasteiger charge is 2.16. The Labute approximate surface area is 109 Å². The molecule has 1 atom stereocenters. The Morgan fingerprint density at radius 2 is 2.16 bits per heavy atom. The van der Waals surface area contributed by atoms with E-state index in [0.717, 1.165) is 0 Å². The molecule has 0 fully saturated rings. The van der Waals surface area contributed by atoms with Crippen LogP contribution in [0.3, 0.4) is 0 Å². The van der Waals surface area contributed by atoms with Gasteiger partial charge in [-0.05, 0) is 24.1 Å². The first kappa shape index (κ1) is 15.1. The average Bonchev–Trinajstić information content (AvgIpc) is 2.38. The summed E-state index contributed by atoms with van der Waals surface area (Å²) >= 11 is 0. The number of carboxylic acids is 1. The van der Waals surface area contributed by atoms with Gasteiger partial charge < -0.3 is 20.8 Å². The summed E-state index contributed by atoms with van der Waals surface area (Å²) in [4.78, 5) is 22.3. The first-order valence-electron chi connectivity index (χ1n) is 5.55. The lowest BCUT2D eigenvalue weighted by molar-refractivity contribution is -0.138. The van der Waals surface area contributed by atoms with Crippen LogP contribution in [0.15, 0.2) is 18.2 Å². The molecule has 0 aliphatic rings. The van der Waals surface area contributed by atoms with Crippen LogP contribution in [0.25, 0.3) is 0 Å². The summed E-state index contributed by atoms with van der Waals surface area (Å²) in [6.07, 6.45) is 0.137. The van der Waals surface area contributed by atoms with Crippen LogP contribution in [-0.4, -0.2) is 41.8 Å². The van der Waals surface area contributed by atoms with Gasteiger partial charge in [0.2, 0.25) is 0 Å². The van der Waals surface area contributed by atoms with E-state index in [9.17, 15) is 9.59 Å². The second-order valence-electron chi connectivity index (χ2n) is 3.94. The number of ketones is 1. The molecular formula is C12H16N2O5. The SMILES string of the molecule is COc1cc(CC(N)C(=O)O)ccc1C(=O)CNO. The Balaban J connectivity index is 2.95. The molecule has 0 amide bonds. The Morgan fingerprint density at radius 1 is 1.47 bits per heavy atom. The number of aliphatic carboxylic acids is 1. The van der Waals surface area contributed by atoms with E-state index >= 15 is 0 Å². The minimum absolute atomic E-state index is 0.137. The average molecular weight is 268 g/mol. The molecule has 0 aliphatic heterocycles. The summed E-state index contributed by atoms with van der Waals surface area (Å²) in [6, 6.07) is 3.68. The van der Waals surface area contributed by atoms with Crippen molar-refractivity contribution in [2.75, 3.05) is 13.7 Å². The van der Waals surface area contributed by atoms with Crippen molar-refractivity contribution in [3.8, 4) is 5.75 Å². The van der Waals surface area contributed by atoms with Crippen molar-refractivity contribution in [1.29, 1.82) is 0 Å².